The summed E-state index contributed by atoms with van der Waals surface area (Å²) >= 11 is 1.49. The van der Waals surface area contributed by atoms with Gasteiger partial charge in [0.25, 0.3) is 5.91 Å². The number of aromatic nitrogens is 1. The van der Waals surface area contributed by atoms with Crippen LogP contribution in [0.2, 0.25) is 0 Å². The number of rotatable bonds is 7. The Hall–Kier alpha value is -2.65. The SMILES string of the molecule is COc1cc(C(=O)N2CCO[C@H](CC(=O)O)C2)ccc1OCc1cscn1. The van der Waals surface area contributed by atoms with Crippen molar-refractivity contribution in [2.45, 2.75) is 19.1 Å². The number of nitrogens with zero attached hydrogens (tertiary/aromatic N) is 2. The maximum absolute atomic E-state index is 12.8. The summed E-state index contributed by atoms with van der Waals surface area (Å²) < 4.78 is 16.5. The van der Waals surface area contributed by atoms with E-state index in [0.717, 1.165) is 5.69 Å². The van der Waals surface area contributed by atoms with E-state index in [2.05, 4.69) is 4.98 Å². The molecule has 1 aliphatic rings. The molecule has 0 saturated carbocycles. The zero-order valence-electron chi connectivity index (χ0n) is 14.8. The molecule has 1 N–H and O–H groups in total. The summed E-state index contributed by atoms with van der Waals surface area (Å²) in [4.78, 5) is 29.4. The molecule has 9 heteroatoms. The smallest absolute Gasteiger partial charge is 0.306 e. The third kappa shape index (κ3) is 4.95. The van der Waals surface area contributed by atoms with Crippen LogP contribution in [-0.2, 0) is 16.1 Å². The van der Waals surface area contributed by atoms with Crippen LogP contribution in [-0.4, -0.2) is 59.8 Å². The van der Waals surface area contributed by atoms with Crippen LogP contribution in [0.1, 0.15) is 22.5 Å². The molecule has 3 rings (SSSR count). The van der Waals surface area contributed by atoms with Gasteiger partial charge in [-0.3, -0.25) is 9.59 Å². The molecular formula is C18H20N2O6S. The quantitative estimate of drug-likeness (QED) is 0.770. The molecule has 27 heavy (non-hydrogen) atoms. The van der Waals surface area contributed by atoms with E-state index >= 15 is 0 Å². The second kappa shape index (κ2) is 8.83. The zero-order chi connectivity index (χ0) is 19.2. The normalized spacial score (nSPS) is 16.8. The fourth-order valence-electron chi connectivity index (χ4n) is 2.79. The highest BCUT2D eigenvalue weighted by Gasteiger charge is 2.27. The number of carbonyl (C=O) groups excluding carboxylic acids is 1. The second-order valence-electron chi connectivity index (χ2n) is 5.98. The molecular weight excluding hydrogens is 372 g/mol. The van der Waals surface area contributed by atoms with E-state index in [-0.39, 0.29) is 18.9 Å². The van der Waals surface area contributed by atoms with Crippen LogP contribution in [0.25, 0.3) is 0 Å². The lowest BCUT2D eigenvalue weighted by atomic mass is 10.1. The number of thiazole rings is 1. The number of amides is 1. The van der Waals surface area contributed by atoms with Gasteiger partial charge in [0.15, 0.2) is 11.5 Å². The van der Waals surface area contributed by atoms with Crippen LogP contribution < -0.4 is 9.47 Å². The molecule has 1 amide bonds. The topological polar surface area (TPSA) is 98.2 Å². The van der Waals surface area contributed by atoms with Crippen LogP contribution in [0.5, 0.6) is 11.5 Å². The number of carboxylic acid groups (broad SMARTS) is 1. The minimum atomic E-state index is -0.947. The number of hydrogen-bond acceptors (Lipinski definition) is 7. The Morgan fingerprint density at radius 2 is 2.26 bits per heavy atom. The molecule has 1 atom stereocenters. The largest absolute Gasteiger partial charge is 0.493 e. The van der Waals surface area contributed by atoms with Crippen molar-refractivity contribution in [1.29, 1.82) is 0 Å². The molecule has 144 valence electrons. The number of carbonyl (C=O) groups is 2. The van der Waals surface area contributed by atoms with Crippen LogP contribution in [0.4, 0.5) is 0 Å². The molecule has 1 aliphatic heterocycles. The first kappa shape index (κ1) is 19.1. The summed E-state index contributed by atoms with van der Waals surface area (Å²) in [5.74, 6) is -0.171. The van der Waals surface area contributed by atoms with Gasteiger partial charge in [-0.2, -0.15) is 0 Å². The molecule has 0 spiro atoms. The maximum atomic E-state index is 12.8. The molecule has 2 aromatic rings. The molecule has 1 aromatic carbocycles. The first-order valence-corrected chi connectivity index (χ1v) is 9.31. The van der Waals surface area contributed by atoms with Gasteiger partial charge in [0.1, 0.15) is 6.61 Å². The van der Waals surface area contributed by atoms with E-state index in [9.17, 15) is 9.59 Å². The molecule has 1 aromatic heterocycles. The lowest BCUT2D eigenvalue weighted by Crippen LogP contribution is -2.46. The maximum Gasteiger partial charge on any atom is 0.306 e. The van der Waals surface area contributed by atoms with Gasteiger partial charge in [0.2, 0.25) is 0 Å². The van der Waals surface area contributed by atoms with Gasteiger partial charge < -0.3 is 24.2 Å². The Morgan fingerprint density at radius 3 is 2.96 bits per heavy atom. The molecule has 0 radical (unpaired) electrons. The third-order valence-electron chi connectivity index (χ3n) is 4.10. The van der Waals surface area contributed by atoms with Crippen LogP contribution >= 0.6 is 11.3 Å². The predicted molar refractivity (Wildman–Crippen MR) is 97.3 cm³/mol. The Labute approximate surface area is 160 Å². The van der Waals surface area contributed by atoms with Crippen molar-refractivity contribution in [3.8, 4) is 11.5 Å². The minimum absolute atomic E-state index is 0.128. The summed E-state index contributed by atoms with van der Waals surface area (Å²) in [6.45, 7) is 1.29. The van der Waals surface area contributed by atoms with Gasteiger partial charge in [0.05, 0.1) is 37.4 Å². The Morgan fingerprint density at radius 1 is 1.41 bits per heavy atom. The van der Waals surface area contributed by atoms with Crippen molar-refractivity contribution in [2.75, 3.05) is 26.8 Å². The lowest BCUT2D eigenvalue weighted by Gasteiger charge is -2.32. The van der Waals surface area contributed by atoms with Gasteiger partial charge in [-0.05, 0) is 18.2 Å². The first-order valence-electron chi connectivity index (χ1n) is 8.37. The van der Waals surface area contributed by atoms with E-state index in [1.165, 1.54) is 18.4 Å². The van der Waals surface area contributed by atoms with E-state index in [1.54, 1.807) is 28.6 Å². The monoisotopic (exact) mass is 392 g/mol. The average molecular weight is 392 g/mol. The fourth-order valence-corrected chi connectivity index (χ4v) is 3.33. The zero-order valence-corrected chi connectivity index (χ0v) is 15.6. The molecule has 0 unspecified atom stereocenters. The number of carboxylic acids is 1. The Bertz CT molecular complexity index is 795. The highest BCUT2D eigenvalue weighted by molar-refractivity contribution is 7.07. The number of aliphatic carboxylic acids is 1. The number of morpholine rings is 1. The van der Waals surface area contributed by atoms with Gasteiger partial charge in [-0.25, -0.2) is 4.98 Å². The van der Waals surface area contributed by atoms with E-state index in [4.69, 9.17) is 19.3 Å². The highest BCUT2D eigenvalue weighted by Crippen LogP contribution is 2.29. The molecule has 1 fully saturated rings. The summed E-state index contributed by atoms with van der Waals surface area (Å²) in [5, 5.41) is 10.8. The van der Waals surface area contributed by atoms with Gasteiger partial charge in [-0.1, -0.05) is 0 Å². The van der Waals surface area contributed by atoms with E-state index < -0.39 is 12.1 Å². The lowest BCUT2D eigenvalue weighted by molar-refractivity contribution is -0.141. The summed E-state index contributed by atoms with van der Waals surface area (Å²) in [5.41, 5.74) is 3.00. The molecule has 8 nitrogen and oxygen atoms in total. The molecule has 1 saturated heterocycles. The fraction of sp³-hybridized carbons (Fsp3) is 0.389. The van der Waals surface area contributed by atoms with Gasteiger partial charge in [-0.15, -0.1) is 11.3 Å². The summed E-state index contributed by atoms with van der Waals surface area (Å²) in [6.07, 6.45) is -0.626. The van der Waals surface area contributed by atoms with Gasteiger partial charge >= 0.3 is 5.97 Å². The standard InChI is InChI=1S/C18H20N2O6S/c1-24-16-6-12(2-3-15(16)26-9-13-10-27-11-19-13)18(23)20-4-5-25-14(8-20)7-17(21)22/h2-3,6,10-11,14H,4-5,7-9H2,1H3,(H,21,22)/t14-/m1/s1. The number of ether oxygens (including phenoxy) is 3. The Balaban J connectivity index is 1.68. The highest BCUT2D eigenvalue weighted by atomic mass is 32.1. The van der Waals surface area contributed by atoms with E-state index in [1.807, 2.05) is 5.38 Å². The molecule has 2 heterocycles. The number of benzene rings is 1. The minimum Gasteiger partial charge on any atom is -0.493 e. The number of hydrogen-bond donors (Lipinski definition) is 1. The predicted octanol–water partition coefficient (Wildman–Crippen LogP) is 2.05. The number of methoxy groups -OCH3 is 1. The van der Waals surface area contributed by atoms with Crippen LogP contribution in [0, 0.1) is 0 Å². The molecule has 0 aliphatic carbocycles. The van der Waals surface area contributed by atoms with Crippen molar-refractivity contribution in [3.05, 3.63) is 40.3 Å². The van der Waals surface area contributed by atoms with Crippen molar-refractivity contribution >= 4 is 23.2 Å². The molecule has 0 bridgehead atoms. The van der Waals surface area contributed by atoms with Crippen molar-refractivity contribution in [1.82, 2.24) is 9.88 Å². The Kier molecular flexibility index (Phi) is 6.25. The van der Waals surface area contributed by atoms with Crippen molar-refractivity contribution < 1.29 is 28.9 Å². The van der Waals surface area contributed by atoms with Crippen molar-refractivity contribution in [3.63, 3.8) is 0 Å². The third-order valence-corrected chi connectivity index (χ3v) is 4.73. The van der Waals surface area contributed by atoms with Crippen LogP contribution in [0.3, 0.4) is 0 Å². The summed E-state index contributed by atoms with van der Waals surface area (Å²) in [7, 11) is 1.51. The summed E-state index contributed by atoms with van der Waals surface area (Å²) in [6, 6.07) is 4.98. The van der Waals surface area contributed by atoms with E-state index in [0.29, 0.717) is 36.8 Å². The van der Waals surface area contributed by atoms with Crippen LogP contribution in [0.15, 0.2) is 29.1 Å². The van der Waals surface area contributed by atoms with Crippen molar-refractivity contribution in [2.24, 2.45) is 0 Å². The van der Waals surface area contributed by atoms with Gasteiger partial charge in [0, 0.05) is 24.0 Å². The average Bonchev–Trinajstić information content (AvgIpc) is 3.19. The second-order valence-corrected chi connectivity index (χ2v) is 6.69. The first-order chi connectivity index (χ1) is 13.1.